The van der Waals surface area contributed by atoms with E-state index in [1.54, 1.807) is 11.8 Å². The topological polar surface area (TPSA) is 49.4 Å². The third kappa shape index (κ3) is 5.26. The number of rotatable bonds is 7. The van der Waals surface area contributed by atoms with E-state index >= 15 is 0 Å². The van der Waals surface area contributed by atoms with Crippen LogP contribution in [0.4, 0.5) is 0 Å². The van der Waals surface area contributed by atoms with Crippen molar-refractivity contribution in [2.45, 2.75) is 26.2 Å². The first-order valence-electron chi connectivity index (χ1n) is 8.75. The Morgan fingerprint density at radius 3 is 2.67 bits per heavy atom. The number of likely N-dealkylation sites (tertiary alicyclic amines) is 1. The molecule has 1 aromatic rings. The minimum absolute atomic E-state index is 0.108. The molecule has 1 heterocycles. The van der Waals surface area contributed by atoms with E-state index in [1.165, 1.54) is 0 Å². The quantitative estimate of drug-likeness (QED) is 0.771. The highest BCUT2D eigenvalue weighted by Crippen LogP contribution is 2.29. The Labute approximate surface area is 149 Å². The number of thioether (sulfide) groups is 1. The molecule has 1 aliphatic rings. The molecule has 0 spiro atoms. The first-order chi connectivity index (χ1) is 11.7. The van der Waals surface area contributed by atoms with Crippen molar-refractivity contribution in [3.63, 3.8) is 0 Å². The Hall–Kier alpha value is -1.49. The number of benzene rings is 1. The van der Waals surface area contributed by atoms with E-state index in [4.69, 9.17) is 0 Å². The van der Waals surface area contributed by atoms with Crippen LogP contribution >= 0.6 is 11.8 Å². The van der Waals surface area contributed by atoms with Crippen LogP contribution in [0.1, 0.15) is 36.5 Å². The molecular weight excluding hydrogens is 320 g/mol. The normalized spacial score (nSPS) is 20.7. The van der Waals surface area contributed by atoms with Gasteiger partial charge < -0.3 is 10.2 Å². The number of amides is 2. The van der Waals surface area contributed by atoms with Crippen molar-refractivity contribution in [2.75, 3.05) is 31.6 Å². The number of piperidine rings is 1. The second kappa shape index (κ2) is 9.72. The van der Waals surface area contributed by atoms with Crippen molar-refractivity contribution in [3.05, 3.63) is 35.9 Å². The molecule has 132 valence electrons. The van der Waals surface area contributed by atoms with E-state index in [9.17, 15) is 9.59 Å². The van der Waals surface area contributed by atoms with Gasteiger partial charge in [0, 0.05) is 37.4 Å². The van der Waals surface area contributed by atoms with Gasteiger partial charge in [-0.2, -0.15) is 11.8 Å². The van der Waals surface area contributed by atoms with Gasteiger partial charge in [-0.25, -0.2) is 0 Å². The highest BCUT2D eigenvalue weighted by Gasteiger charge is 2.31. The number of carbonyl (C=O) groups is 2. The molecule has 0 bridgehead atoms. The lowest BCUT2D eigenvalue weighted by Crippen LogP contribution is -2.45. The Kier molecular flexibility index (Phi) is 7.63. The van der Waals surface area contributed by atoms with Crippen LogP contribution in [0.25, 0.3) is 0 Å². The molecule has 1 N–H and O–H groups in total. The molecule has 2 rings (SSSR count). The zero-order valence-corrected chi connectivity index (χ0v) is 15.5. The molecule has 1 aliphatic heterocycles. The van der Waals surface area contributed by atoms with Crippen LogP contribution in [0.2, 0.25) is 0 Å². The van der Waals surface area contributed by atoms with Crippen molar-refractivity contribution in [1.82, 2.24) is 10.2 Å². The molecule has 1 fully saturated rings. The van der Waals surface area contributed by atoms with Gasteiger partial charge in [-0.15, -0.1) is 0 Å². The Morgan fingerprint density at radius 1 is 1.25 bits per heavy atom. The lowest BCUT2D eigenvalue weighted by atomic mass is 9.81. The van der Waals surface area contributed by atoms with Gasteiger partial charge in [-0.1, -0.05) is 31.5 Å². The maximum absolute atomic E-state index is 12.6. The second-order valence-electron chi connectivity index (χ2n) is 6.38. The average Bonchev–Trinajstić information content (AvgIpc) is 2.62. The minimum atomic E-state index is 0.108. The molecule has 0 unspecified atom stereocenters. The van der Waals surface area contributed by atoms with Crippen LogP contribution in [0.3, 0.4) is 0 Å². The highest BCUT2D eigenvalue weighted by atomic mass is 32.2. The van der Waals surface area contributed by atoms with Crippen LogP contribution in [-0.2, 0) is 4.79 Å². The zero-order chi connectivity index (χ0) is 17.4. The molecule has 5 heteroatoms. The molecular formula is C19H28N2O2S. The van der Waals surface area contributed by atoms with E-state index in [2.05, 4.69) is 12.2 Å². The van der Waals surface area contributed by atoms with E-state index in [0.717, 1.165) is 43.8 Å². The zero-order valence-electron chi connectivity index (χ0n) is 14.7. The van der Waals surface area contributed by atoms with Crippen molar-refractivity contribution in [3.8, 4) is 0 Å². The minimum Gasteiger partial charge on any atom is -0.355 e. The molecule has 0 radical (unpaired) electrons. The van der Waals surface area contributed by atoms with Crippen LogP contribution in [0.15, 0.2) is 30.3 Å². The Morgan fingerprint density at radius 2 is 2.00 bits per heavy atom. The highest BCUT2D eigenvalue weighted by molar-refractivity contribution is 7.98. The number of nitrogens with zero attached hydrogens (tertiary/aromatic N) is 1. The summed E-state index contributed by atoms with van der Waals surface area (Å²) in [4.78, 5) is 26.6. The van der Waals surface area contributed by atoms with Gasteiger partial charge in [-0.05, 0) is 36.6 Å². The van der Waals surface area contributed by atoms with Crippen LogP contribution in [-0.4, -0.2) is 48.4 Å². The van der Waals surface area contributed by atoms with Crippen molar-refractivity contribution in [2.24, 2.45) is 11.8 Å². The van der Waals surface area contributed by atoms with Crippen molar-refractivity contribution < 1.29 is 9.59 Å². The van der Waals surface area contributed by atoms with Crippen LogP contribution in [0.5, 0.6) is 0 Å². The first kappa shape index (κ1) is 18.8. The fourth-order valence-electron chi connectivity index (χ4n) is 3.36. The Balaban J connectivity index is 1.89. The SMILES string of the molecule is CC[C@@H]1CN(C(=O)c2ccccc2)CC[C@H]1CC(=O)NCCSC. The molecule has 24 heavy (non-hydrogen) atoms. The molecule has 0 aliphatic carbocycles. The summed E-state index contributed by atoms with van der Waals surface area (Å²) in [5.41, 5.74) is 0.751. The molecule has 1 saturated heterocycles. The smallest absolute Gasteiger partial charge is 0.253 e. The third-order valence-electron chi connectivity index (χ3n) is 4.80. The standard InChI is InChI=1S/C19H28N2O2S/c1-3-15-14-21(19(23)16-7-5-4-6-8-16)11-9-17(15)13-18(22)20-10-12-24-2/h4-8,15,17H,3,9-14H2,1-2H3,(H,20,22)/t15-,17+/m1/s1. The monoisotopic (exact) mass is 348 g/mol. The van der Waals surface area contributed by atoms with E-state index in [-0.39, 0.29) is 11.8 Å². The van der Waals surface area contributed by atoms with Gasteiger partial charge in [-0.3, -0.25) is 9.59 Å². The summed E-state index contributed by atoms with van der Waals surface area (Å²) >= 11 is 1.74. The van der Waals surface area contributed by atoms with E-state index < -0.39 is 0 Å². The maximum Gasteiger partial charge on any atom is 0.253 e. The summed E-state index contributed by atoms with van der Waals surface area (Å²) in [7, 11) is 0. The summed E-state index contributed by atoms with van der Waals surface area (Å²) in [6.07, 6.45) is 4.54. The molecule has 4 nitrogen and oxygen atoms in total. The van der Waals surface area contributed by atoms with Gasteiger partial charge in [0.15, 0.2) is 0 Å². The van der Waals surface area contributed by atoms with E-state index in [1.807, 2.05) is 41.5 Å². The fraction of sp³-hybridized carbons (Fsp3) is 0.579. The molecule has 0 aromatic heterocycles. The van der Waals surface area contributed by atoms with Gasteiger partial charge in [0.05, 0.1) is 0 Å². The number of nitrogens with one attached hydrogen (secondary N) is 1. The summed E-state index contributed by atoms with van der Waals surface area (Å²) < 4.78 is 0. The molecule has 2 amide bonds. The maximum atomic E-state index is 12.6. The predicted octanol–water partition coefficient (Wildman–Crippen LogP) is 3.04. The van der Waals surface area contributed by atoms with Crippen LogP contribution < -0.4 is 5.32 Å². The van der Waals surface area contributed by atoms with Gasteiger partial charge >= 0.3 is 0 Å². The predicted molar refractivity (Wildman–Crippen MR) is 100 cm³/mol. The number of hydrogen-bond donors (Lipinski definition) is 1. The summed E-state index contributed by atoms with van der Waals surface area (Å²) in [5, 5.41) is 3.00. The third-order valence-corrected chi connectivity index (χ3v) is 5.41. The van der Waals surface area contributed by atoms with Gasteiger partial charge in [0.25, 0.3) is 5.91 Å². The summed E-state index contributed by atoms with van der Waals surface area (Å²) in [6.45, 7) is 4.39. The lowest BCUT2D eigenvalue weighted by Gasteiger charge is -2.38. The van der Waals surface area contributed by atoms with Crippen LogP contribution in [0, 0.1) is 11.8 Å². The summed E-state index contributed by atoms with van der Waals surface area (Å²) in [6, 6.07) is 9.46. The Bertz CT molecular complexity index is 535. The first-order valence-corrected chi connectivity index (χ1v) is 10.1. The number of hydrogen-bond acceptors (Lipinski definition) is 3. The largest absolute Gasteiger partial charge is 0.355 e. The molecule has 0 saturated carbocycles. The van der Waals surface area contributed by atoms with Gasteiger partial charge in [0.1, 0.15) is 0 Å². The molecule has 2 atom stereocenters. The average molecular weight is 349 g/mol. The van der Waals surface area contributed by atoms with Crippen molar-refractivity contribution in [1.29, 1.82) is 0 Å². The lowest BCUT2D eigenvalue weighted by molar-refractivity contribution is -0.122. The number of carbonyl (C=O) groups excluding carboxylic acids is 2. The van der Waals surface area contributed by atoms with Crippen molar-refractivity contribution >= 4 is 23.6 Å². The molecule has 1 aromatic carbocycles. The van der Waals surface area contributed by atoms with E-state index in [0.29, 0.717) is 18.3 Å². The van der Waals surface area contributed by atoms with Gasteiger partial charge in [0.2, 0.25) is 5.91 Å². The second-order valence-corrected chi connectivity index (χ2v) is 7.37. The fourth-order valence-corrected chi connectivity index (χ4v) is 3.67. The summed E-state index contributed by atoms with van der Waals surface area (Å²) in [5.74, 6) is 1.99.